The number of hydrogen-bond donors (Lipinski definition) is 1. The summed E-state index contributed by atoms with van der Waals surface area (Å²) in [6, 6.07) is 9.54. The van der Waals surface area contributed by atoms with Crippen molar-refractivity contribution in [3.8, 4) is 11.5 Å². The van der Waals surface area contributed by atoms with Crippen molar-refractivity contribution in [3.05, 3.63) is 36.2 Å². The quantitative estimate of drug-likeness (QED) is 0.917. The van der Waals surface area contributed by atoms with Crippen molar-refractivity contribution in [3.63, 3.8) is 0 Å². The number of aromatic nitrogens is 2. The summed E-state index contributed by atoms with van der Waals surface area (Å²) in [5, 5.41) is 10.7. The van der Waals surface area contributed by atoms with E-state index in [0.717, 1.165) is 31.4 Å². The first kappa shape index (κ1) is 14.7. The summed E-state index contributed by atoms with van der Waals surface area (Å²) in [7, 11) is 0. The molecule has 2 aromatic rings. The van der Waals surface area contributed by atoms with E-state index in [1.165, 1.54) is 0 Å². The maximum atomic E-state index is 11.9. The number of rotatable bonds is 5. The zero-order chi connectivity index (χ0) is 15.2. The average Bonchev–Trinajstić information content (AvgIpc) is 3.04. The summed E-state index contributed by atoms with van der Waals surface area (Å²) in [5.41, 5.74) is 0.864. The molecular weight excluding hydrogens is 282 g/mol. The van der Waals surface area contributed by atoms with Crippen molar-refractivity contribution in [2.45, 2.75) is 38.3 Å². The highest BCUT2D eigenvalue weighted by Gasteiger charge is 2.18. The molecule has 1 fully saturated rings. The average molecular weight is 301 g/mol. The molecule has 1 N–H and O–H groups in total. The van der Waals surface area contributed by atoms with Gasteiger partial charge in [0.15, 0.2) is 0 Å². The lowest BCUT2D eigenvalue weighted by atomic mass is 10.1. The van der Waals surface area contributed by atoms with Crippen molar-refractivity contribution in [1.29, 1.82) is 0 Å². The second kappa shape index (κ2) is 7.17. The molecule has 1 aliphatic rings. The largest absolute Gasteiger partial charge is 0.419 e. The molecule has 0 saturated carbocycles. The molecule has 1 aromatic heterocycles. The summed E-state index contributed by atoms with van der Waals surface area (Å²) in [5.74, 6) is 0.809. The predicted molar refractivity (Wildman–Crippen MR) is 79.8 cm³/mol. The monoisotopic (exact) mass is 301 g/mol. The van der Waals surface area contributed by atoms with E-state index in [0.29, 0.717) is 18.2 Å². The molecule has 1 aromatic carbocycles. The minimum atomic E-state index is -0.0497. The van der Waals surface area contributed by atoms with Crippen LogP contribution in [0, 0.1) is 0 Å². The van der Waals surface area contributed by atoms with Crippen LogP contribution in [0.2, 0.25) is 0 Å². The van der Waals surface area contributed by atoms with Gasteiger partial charge in [-0.25, -0.2) is 0 Å². The van der Waals surface area contributed by atoms with Crippen LogP contribution in [0.3, 0.4) is 0 Å². The van der Waals surface area contributed by atoms with Crippen LogP contribution in [-0.4, -0.2) is 28.8 Å². The van der Waals surface area contributed by atoms with E-state index in [9.17, 15) is 4.79 Å². The van der Waals surface area contributed by atoms with Crippen LogP contribution in [-0.2, 0) is 16.1 Å². The first-order chi connectivity index (χ1) is 10.8. The van der Waals surface area contributed by atoms with Crippen LogP contribution < -0.4 is 5.32 Å². The minimum absolute atomic E-state index is 0.0383. The lowest BCUT2D eigenvalue weighted by Crippen LogP contribution is -2.30. The molecular formula is C16H19N3O3. The smallest absolute Gasteiger partial charge is 0.247 e. The van der Waals surface area contributed by atoms with Crippen molar-refractivity contribution >= 4 is 5.91 Å². The Bertz CT molecular complexity index is 606. The Balaban J connectivity index is 1.49. The van der Waals surface area contributed by atoms with Crippen molar-refractivity contribution in [2.75, 3.05) is 6.61 Å². The van der Waals surface area contributed by atoms with E-state index in [-0.39, 0.29) is 18.6 Å². The number of nitrogens with zero attached hydrogens (tertiary/aromatic N) is 2. The van der Waals surface area contributed by atoms with Crippen LogP contribution in [0.15, 0.2) is 34.7 Å². The summed E-state index contributed by atoms with van der Waals surface area (Å²) in [4.78, 5) is 11.9. The SMILES string of the molecule is O=C(CC1CCCCO1)NCc1nnc(-c2ccccc2)o1. The van der Waals surface area contributed by atoms with Crippen molar-refractivity contribution < 1.29 is 13.9 Å². The van der Waals surface area contributed by atoms with E-state index in [1.54, 1.807) is 0 Å². The highest BCUT2D eigenvalue weighted by Crippen LogP contribution is 2.17. The minimum Gasteiger partial charge on any atom is -0.419 e. The maximum Gasteiger partial charge on any atom is 0.247 e. The first-order valence-electron chi connectivity index (χ1n) is 7.57. The van der Waals surface area contributed by atoms with Gasteiger partial charge in [-0.3, -0.25) is 4.79 Å². The van der Waals surface area contributed by atoms with Gasteiger partial charge in [-0.2, -0.15) is 0 Å². The maximum absolute atomic E-state index is 11.9. The molecule has 2 heterocycles. The molecule has 1 amide bonds. The van der Waals surface area contributed by atoms with E-state index in [4.69, 9.17) is 9.15 Å². The molecule has 0 spiro atoms. The van der Waals surface area contributed by atoms with E-state index in [2.05, 4.69) is 15.5 Å². The molecule has 116 valence electrons. The fourth-order valence-electron chi connectivity index (χ4n) is 2.44. The molecule has 22 heavy (non-hydrogen) atoms. The molecule has 6 nitrogen and oxygen atoms in total. The molecule has 0 bridgehead atoms. The number of nitrogens with one attached hydrogen (secondary N) is 1. The number of carbonyl (C=O) groups is 1. The lowest BCUT2D eigenvalue weighted by molar-refractivity contribution is -0.125. The third-order valence-corrected chi connectivity index (χ3v) is 3.61. The van der Waals surface area contributed by atoms with Gasteiger partial charge in [0, 0.05) is 12.2 Å². The van der Waals surface area contributed by atoms with Crippen LogP contribution >= 0.6 is 0 Å². The Kier molecular flexibility index (Phi) is 4.80. The van der Waals surface area contributed by atoms with Crippen LogP contribution in [0.1, 0.15) is 31.6 Å². The number of carbonyl (C=O) groups excluding carboxylic acids is 1. The second-order valence-corrected chi connectivity index (χ2v) is 5.34. The van der Waals surface area contributed by atoms with Gasteiger partial charge in [0.2, 0.25) is 17.7 Å². The third-order valence-electron chi connectivity index (χ3n) is 3.61. The van der Waals surface area contributed by atoms with Gasteiger partial charge in [-0.1, -0.05) is 18.2 Å². The molecule has 0 aliphatic carbocycles. The molecule has 1 atom stereocenters. The highest BCUT2D eigenvalue weighted by molar-refractivity contribution is 5.76. The second-order valence-electron chi connectivity index (χ2n) is 5.34. The Hall–Kier alpha value is -2.21. The number of benzene rings is 1. The summed E-state index contributed by atoms with van der Waals surface area (Å²) in [6.45, 7) is 0.993. The van der Waals surface area contributed by atoms with Gasteiger partial charge in [-0.05, 0) is 31.4 Å². The topological polar surface area (TPSA) is 77.2 Å². The molecule has 1 aliphatic heterocycles. The molecule has 0 radical (unpaired) electrons. The Morgan fingerprint density at radius 2 is 2.09 bits per heavy atom. The summed E-state index contributed by atoms with van der Waals surface area (Å²) >= 11 is 0. The van der Waals surface area contributed by atoms with E-state index in [1.807, 2.05) is 30.3 Å². The van der Waals surface area contributed by atoms with E-state index < -0.39 is 0 Å². The van der Waals surface area contributed by atoms with Gasteiger partial charge in [-0.15, -0.1) is 10.2 Å². The van der Waals surface area contributed by atoms with E-state index >= 15 is 0 Å². The van der Waals surface area contributed by atoms with Crippen molar-refractivity contribution in [2.24, 2.45) is 0 Å². The standard InChI is InChI=1S/C16H19N3O3/c20-14(10-13-8-4-5-9-21-13)17-11-15-18-19-16(22-15)12-6-2-1-3-7-12/h1-3,6-7,13H,4-5,8-11H2,(H,17,20). The van der Waals surface area contributed by atoms with Crippen LogP contribution in [0.4, 0.5) is 0 Å². The van der Waals surface area contributed by atoms with Crippen LogP contribution in [0.5, 0.6) is 0 Å². The Morgan fingerprint density at radius 3 is 2.86 bits per heavy atom. The van der Waals surface area contributed by atoms with Crippen LogP contribution in [0.25, 0.3) is 11.5 Å². The number of ether oxygens (including phenoxy) is 1. The van der Waals surface area contributed by atoms with Gasteiger partial charge >= 0.3 is 0 Å². The highest BCUT2D eigenvalue weighted by atomic mass is 16.5. The van der Waals surface area contributed by atoms with Gasteiger partial charge in [0.05, 0.1) is 19.1 Å². The zero-order valence-corrected chi connectivity index (χ0v) is 12.3. The number of amides is 1. The third kappa shape index (κ3) is 3.92. The summed E-state index contributed by atoms with van der Waals surface area (Å²) in [6.07, 6.45) is 3.59. The normalized spacial score (nSPS) is 18.1. The zero-order valence-electron chi connectivity index (χ0n) is 12.3. The summed E-state index contributed by atoms with van der Waals surface area (Å²) < 4.78 is 11.1. The predicted octanol–water partition coefficient (Wildman–Crippen LogP) is 2.31. The number of hydrogen-bond acceptors (Lipinski definition) is 5. The fraction of sp³-hybridized carbons (Fsp3) is 0.438. The Labute approximate surface area is 128 Å². The fourth-order valence-corrected chi connectivity index (χ4v) is 2.44. The Morgan fingerprint density at radius 1 is 1.23 bits per heavy atom. The van der Waals surface area contributed by atoms with Gasteiger partial charge < -0.3 is 14.5 Å². The molecule has 6 heteroatoms. The molecule has 3 rings (SSSR count). The molecule has 1 unspecified atom stereocenters. The molecule has 1 saturated heterocycles. The lowest BCUT2D eigenvalue weighted by Gasteiger charge is -2.21. The van der Waals surface area contributed by atoms with Gasteiger partial charge in [0.25, 0.3) is 0 Å². The first-order valence-corrected chi connectivity index (χ1v) is 7.57. The van der Waals surface area contributed by atoms with Crippen molar-refractivity contribution in [1.82, 2.24) is 15.5 Å². The van der Waals surface area contributed by atoms with Gasteiger partial charge in [0.1, 0.15) is 0 Å².